The summed E-state index contributed by atoms with van der Waals surface area (Å²) >= 11 is 0. The zero-order valence-electron chi connectivity index (χ0n) is 12.7. The molecule has 2 rings (SSSR count). The Balaban J connectivity index is 2.14. The fraction of sp³-hybridized carbons (Fsp3) is 0.538. The standard InChI is InChI=1S/C13H20N6O3/c1-17-11-10(12(20)18(2)13(17)21)19(8-15-11)7-5-3-4-6-9(14)16-22/h8,22H,3-7H2,1-2H3,(H2,14,16). The van der Waals surface area contributed by atoms with E-state index in [2.05, 4.69) is 10.1 Å². The topological polar surface area (TPSA) is 120 Å². The van der Waals surface area contributed by atoms with Crippen molar-refractivity contribution in [2.45, 2.75) is 32.2 Å². The second-order valence-corrected chi connectivity index (χ2v) is 5.22. The Bertz CT molecular complexity index is 814. The molecule has 0 spiro atoms. The lowest BCUT2D eigenvalue weighted by atomic mass is 10.2. The van der Waals surface area contributed by atoms with Gasteiger partial charge in [-0.3, -0.25) is 13.9 Å². The molecule has 3 N–H and O–H groups in total. The van der Waals surface area contributed by atoms with Crippen LogP contribution in [0.25, 0.3) is 11.2 Å². The van der Waals surface area contributed by atoms with E-state index < -0.39 is 0 Å². The third kappa shape index (κ3) is 2.87. The number of rotatable bonds is 6. The maximum absolute atomic E-state index is 12.2. The minimum atomic E-state index is -0.387. The van der Waals surface area contributed by atoms with Gasteiger partial charge < -0.3 is 15.5 Å². The SMILES string of the molecule is Cn1c(=O)c2c(ncn2CCCCCC(N)=NO)n(C)c1=O. The fourth-order valence-corrected chi connectivity index (χ4v) is 2.38. The Labute approximate surface area is 126 Å². The Morgan fingerprint density at radius 2 is 2.00 bits per heavy atom. The Morgan fingerprint density at radius 3 is 2.68 bits per heavy atom. The third-order valence-electron chi connectivity index (χ3n) is 3.68. The van der Waals surface area contributed by atoms with Crippen molar-refractivity contribution < 1.29 is 5.21 Å². The molecule has 22 heavy (non-hydrogen) atoms. The second kappa shape index (κ2) is 6.46. The number of nitrogens with zero attached hydrogens (tertiary/aromatic N) is 5. The van der Waals surface area contributed by atoms with Crippen LogP contribution in [0, 0.1) is 0 Å². The van der Waals surface area contributed by atoms with Crippen molar-refractivity contribution in [3.63, 3.8) is 0 Å². The van der Waals surface area contributed by atoms with Crippen LogP contribution in [0.5, 0.6) is 0 Å². The van der Waals surface area contributed by atoms with Crippen molar-refractivity contribution >= 4 is 17.0 Å². The molecule has 0 atom stereocenters. The molecule has 9 heteroatoms. The molecule has 0 aliphatic heterocycles. The molecule has 0 saturated heterocycles. The molecule has 0 radical (unpaired) electrons. The van der Waals surface area contributed by atoms with E-state index >= 15 is 0 Å². The van der Waals surface area contributed by atoms with E-state index in [9.17, 15) is 9.59 Å². The van der Waals surface area contributed by atoms with Crippen molar-refractivity contribution in [3.05, 3.63) is 27.2 Å². The molecule has 2 aromatic heterocycles. The molecule has 2 aromatic rings. The van der Waals surface area contributed by atoms with Gasteiger partial charge in [-0.1, -0.05) is 11.6 Å². The lowest BCUT2D eigenvalue weighted by Crippen LogP contribution is -2.37. The molecular weight excluding hydrogens is 288 g/mol. The first-order valence-corrected chi connectivity index (χ1v) is 7.04. The first-order chi connectivity index (χ1) is 10.5. The first kappa shape index (κ1) is 15.8. The average molecular weight is 308 g/mol. The molecule has 0 saturated carbocycles. The van der Waals surface area contributed by atoms with Crippen LogP contribution in [0.4, 0.5) is 0 Å². The maximum Gasteiger partial charge on any atom is 0.332 e. The van der Waals surface area contributed by atoms with Gasteiger partial charge in [0.2, 0.25) is 0 Å². The lowest BCUT2D eigenvalue weighted by Gasteiger charge is -2.06. The predicted molar refractivity (Wildman–Crippen MR) is 82.1 cm³/mol. The van der Waals surface area contributed by atoms with Crippen LogP contribution < -0.4 is 17.0 Å². The van der Waals surface area contributed by atoms with E-state index in [4.69, 9.17) is 10.9 Å². The lowest BCUT2D eigenvalue weighted by molar-refractivity contribution is 0.316. The predicted octanol–water partition coefficient (Wildman–Crippen LogP) is -0.259. The zero-order valence-corrected chi connectivity index (χ0v) is 12.7. The third-order valence-corrected chi connectivity index (χ3v) is 3.68. The van der Waals surface area contributed by atoms with Gasteiger partial charge in [0.25, 0.3) is 5.56 Å². The van der Waals surface area contributed by atoms with E-state index in [1.165, 1.54) is 11.6 Å². The summed E-state index contributed by atoms with van der Waals surface area (Å²) < 4.78 is 4.21. The van der Waals surface area contributed by atoms with Crippen LogP contribution >= 0.6 is 0 Å². The summed E-state index contributed by atoms with van der Waals surface area (Å²) in [6.45, 7) is 0.625. The number of aromatic nitrogens is 4. The number of hydrogen-bond donors (Lipinski definition) is 2. The van der Waals surface area contributed by atoms with Crippen molar-refractivity contribution in [3.8, 4) is 0 Å². The first-order valence-electron chi connectivity index (χ1n) is 7.04. The van der Waals surface area contributed by atoms with E-state index in [1.807, 2.05) is 0 Å². The van der Waals surface area contributed by atoms with Gasteiger partial charge in [0.1, 0.15) is 5.84 Å². The highest BCUT2D eigenvalue weighted by Crippen LogP contribution is 2.08. The molecule has 2 heterocycles. The minimum Gasteiger partial charge on any atom is -0.409 e. The summed E-state index contributed by atoms with van der Waals surface area (Å²) in [6.07, 6.45) is 4.63. The monoisotopic (exact) mass is 308 g/mol. The number of fused-ring (bicyclic) bond motifs is 1. The van der Waals surface area contributed by atoms with E-state index in [-0.39, 0.29) is 17.1 Å². The smallest absolute Gasteiger partial charge is 0.332 e. The number of nitrogens with two attached hydrogens (primary N) is 1. The van der Waals surface area contributed by atoms with Gasteiger partial charge in [-0.25, -0.2) is 9.78 Å². The van der Waals surface area contributed by atoms with Crippen LogP contribution in [-0.4, -0.2) is 29.7 Å². The molecule has 0 bridgehead atoms. The minimum absolute atomic E-state index is 0.219. The van der Waals surface area contributed by atoms with Crippen molar-refractivity contribution in [2.24, 2.45) is 25.0 Å². The maximum atomic E-state index is 12.2. The number of amidine groups is 1. The summed E-state index contributed by atoms with van der Waals surface area (Å²) in [6, 6.07) is 0. The van der Waals surface area contributed by atoms with E-state index in [0.717, 1.165) is 23.8 Å². The van der Waals surface area contributed by atoms with Crippen LogP contribution in [0.15, 0.2) is 21.1 Å². The summed E-state index contributed by atoms with van der Waals surface area (Å²) in [5, 5.41) is 11.4. The summed E-state index contributed by atoms with van der Waals surface area (Å²) in [5.41, 5.74) is 5.50. The van der Waals surface area contributed by atoms with Crippen molar-refractivity contribution in [1.82, 2.24) is 18.7 Å². The number of aryl methyl sites for hydroxylation is 2. The summed E-state index contributed by atoms with van der Waals surface area (Å²) in [5.74, 6) is 0.219. The summed E-state index contributed by atoms with van der Waals surface area (Å²) in [4.78, 5) is 28.2. The quantitative estimate of drug-likeness (QED) is 0.250. The van der Waals surface area contributed by atoms with Gasteiger partial charge in [0.05, 0.1) is 6.33 Å². The molecule has 0 aliphatic carbocycles. The second-order valence-electron chi connectivity index (χ2n) is 5.22. The Morgan fingerprint density at radius 1 is 1.27 bits per heavy atom. The van der Waals surface area contributed by atoms with Crippen LogP contribution in [0.1, 0.15) is 25.7 Å². The van der Waals surface area contributed by atoms with Gasteiger partial charge in [0, 0.05) is 27.1 Å². The van der Waals surface area contributed by atoms with Gasteiger partial charge in [0.15, 0.2) is 11.2 Å². The molecule has 120 valence electrons. The number of hydrogen-bond acceptors (Lipinski definition) is 5. The van der Waals surface area contributed by atoms with Gasteiger partial charge in [-0.2, -0.15) is 0 Å². The zero-order chi connectivity index (χ0) is 16.3. The Kier molecular flexibility index (Phi) is 4.64. The molecule has 0 aliphatic rings. The molecular formula is C13H20N6O3. The van der Waals surface area contributed by atoms with Gasteiger partial charge in [-0.15, -0.1) is 0 Å². The van der Waals surface area contributed by atoms with Crippen LogP contribution in [0.2, 0.25) is 0 Å². The molecule has 9 nitrogen and oxygen atoms in total. The number of unbranched alkanes of at least 4 members (excludes halogenated alkanes) is 2. The van der Waals surface area contributed by atoms with Crippen LogP contribution in [0.3, 0.4) is 0 Å². The van der Waals surface area contributed by atoms with Gasteiger partial charge >= 0.3 is 5.69 Å². The molecule has 0 unspecified atom stereocenters. The molecule has 0 aromatic carbocycles. The molecule has 0 amide bonds. The highest BCUT2D eigenvalue weighted by molar-refractivity contribution is 5.79. The normalized spacial score (nSPS) is 12.2. The van der Waals surface area contributed by atoms with Gasteiger partial charge in [-0.05, 0) is 12.8 Å². The number of imidazole rings is 1. The van der Waals surface area contributed by atoms with E-state index in [0.29, 0.717) is 24.1 Å². The highest BCUT2D eigenvalue weighted by Gasteiger charge is 2.13. The number of oxime groups is 1. The average Bonchev–Trinajstić information content (AvgIpc) is 2.94. The summed E-state index contributed by atoms with van der Waals surface area (Å²) in [7, 11) is 3.05. The van der Waals surface area contributed by atoms with Crippen molar-refractivity contribution in [2.75, 3.05) is 0 Å². The molecule has 0 fully saturated rings. The Hall–Kier alpha value is -2.58. The van der Waals surface area contributed by atoms with Crippen LogP contribution in [-0.2, 0) is 20.6 Å². The van der Waals surface area contributed by atoms with E-state index in [1.54, 1.807) is 17.9 Å². The largest absolute Gasteiger partial charge is 0.409 e. The van der Waals surface area contributed by atoms with Crippen molar-refractivity contribution in [1.29, 1.82) is 0 Å². The fourth-order valence-electron chi connectivity index (χ4n) is 2.38. The highest BCUT2D eigenvalue weighted by atomic mass is 16.4.